The summed E-state index contributed by atoms with van der Waals surface area (Å²) in [7, 11) is -3.82. The van der Waals surface area contributed by atoms with E-state index in [9.17, 15) is 18.5 Å². The second-order valence-corrected chi connectivity index (χ2v) is 8.41. The Balaban J connectivity index is 1.92. The zero-order chi connectivity index (χ0) is 21.9. The molecule has 0 unspecified atom stereocenters. The maximum atomic E-state index is 12.9. The summed E-state index contributed by atoms with van der Waals surface area (Å²) < 4.78 is 33.5. The fraction of sp³-hybridized carbons (Fsp3) is 0.190. The Bertz CT molecular complexity index is 1230. The zero-order valence-electron chi connectivity index (χ0n) is 16.7. The average Bonchev–Trinajstić information content (AvgIpc) is 3.07. The van der Waals surface area contributed by atoms with Crippen LogP contribution in [0.2, 0.25) is 0 Å². The van der Waals surface area contributed by atoms with Crippen molar-refractivity contribution in [2.24, 2.45) is 0 Å². The first-order valence-electron chi connectivity index (χ1n) is 9.22. The molecule has 0 saturated carbocycles. The van der Waals surface area contributed by atoms with Crippen LogP contribution in [-0.2, 0) is 16.4 Å². The molecule has 2 aromatic carbocycles. The van der Waals surface area contributed by atoms with Crippen LogP contribution < -0.4 is 4.72 Å². The third kappa shape index (κ3) is 4.57. The molecule has 156 valence electrons. The number of hydrogen-bond acceptors (Lipinski definition) is 6. The van der Waals surface area contributed by atoms with Gasteiger partial charge in [0.2, 0.25) is 5.76 Å². The maximum absolute atomic E-state index is 12.9. The summed E-state index contributed by atoms with van der Waals surface area (Å²) in [6, 6.07) is 12.1. The summed E-state index contributed by atoms with van der Waals surface area (Å²) in [6.07, 6.45) is 3.74. The first-order valence-corrected chi connectivity index (χ1v) is 10.7. The molecule has 0 radical (unpaired) electrons. The number of benzene rings is 2. The summed E-state index contributed by atoms with van der Waals surface area (Å²) in [4.78, 5) is 10.7. The number of nitrogens with zero attached hydrogens (tertiary/aromatic N) is 2. The van der Waals surface area contributed by atoms with E-state index in [0.717, 1.165) is 12.0 Å². The molecule has 0 fully saturated rings. The Kier molecular flexibility index (Phi) is 6.02. The van der Waals surface area contributed by atoms with E-state index in [-0.39, 0.29) is 22.0 Å². The van der Waals surface area contributed by atoms with Gasteiger partial charge in [0.1, 0.15) is 0 Å². The largest absolute Gasteiger partial charge is 0.349 e. The highest BCUT2D eigenvalue weighted by Crippen LogP contribution is 2.26. The molecule has 0 saturated heterocycles. The lowest BCUT2D eigenvalue weighted by atomic mass is 10.1. The minimum Gasteiger partial charge on any atom is -0.349 e. The molecule has 1 N–H and O–H groups in total. The van der Waals surface area contributed by atoms with Crippen LogP contribution in [0.15, 0.2) is 51.9 Å². The number of sulfonamides is 1. The summed E-state index contributed by atoms with van der Waals surface area (Å²) in [6.45, 7) is 5.18. The quantitative estimate of drug-likeness (QED) is 0.430. The first kappa shape index (κ1) is 21.3. The monoisotopic (exact) mass is 427 g/mol. The molecule has 9 heteroatoms. The fourth-order valence-electron chi connectivity index (χ4n) is 2.96. The lowest BCUT2D eigenvalue weighted by Gasteiger charge is -2.12. The van der Waals surface area contributed by atoms with Crippen LogP contribution in [0.1, 0.15) is 35.1 Å². The van der Waals surface area contributed by atoms with E-state index in [4.69, 9.17) is 4.52 Å². The molecule has 0 amide bonds. The van der Waals surface area contributed by atoms with Crippen molar-refractivity contribution in [1.29, 1.82) is 0 Å². The molecule has 1 heterocycles. The van der Waals surface area contributed by atoms with Gasteiger partial charge in [-0.25, -0.2) is 8.42 Å². The van der Waals surface area contributed by atoms with Gasteiger partial charge in [-0.3, -0.25) is 14.8 Å². The molecule has 0 atom stereocenters. The highest BCUT2D eigenvalue weighted by Gasteiger charge is 2.22. The second kappa shape index (κ2) is 8.50. The van der Waals surface area contributed by atoms with E-state index in [1.54, 1.807) is 43.3 Å². The Labute approximate surface area is 174 Å². The van der Waals surface area contributed by atoms with Crippen LogP contribution in [0.5, 0.6) is 0 Å². The van der Waals surface area contributed by atoms with Crippen LogP contribution in [0, 0.1) is 24.0 Å². The molecule has 0 bridgehead atoms. The highest BCUT2D eigenvalue weighted by atomic mass is 32.2. The Morgan fingerprint density at radius 3 is 2.63 bits per heavy atom. The Morgan fingerprint density at radius 1 is 1.17 bits per heavy atom. The summed E-state index contributed by atoms with van der Waals surface area (Å²) in [5, 5.41) is 14.8. The standard InChI is InChI=1S/C21H21N3O5S/c1-4-16-6-5-7-18(12-16)23-30(27,28)20-13-17(9-8-14(20)2)10-11-19-21(24(25)26)15(3)22-29-19/h5-13,23H,4H2,1-3H3/b11-10+. The summed E-state index contributed by atoms with van der Waals surface area (Å²) >= 11 is 0. The first-order chi connectivity index (χ1) is 14.2. The average molecular weight is 427 g/mol. The maximum Gasteiger partial charge on any atom is 0.338 e. The van der Waals surface area contributed by atoms with E-state index in [0.29, 0.717) is 16.8 Å². The summed E-state index contributed by atoms with van der Waals surface area (Å²) in [5.74, 6) is -0.00279. The molecular formula is C21H21N3O5S. The molecule has 3 rings (SSSR count). The van der Waals surface area contributed by atoms with E-state index < -0.39 is 14.9 Å². The molecular weight excluding hydrogens is 406 g/mol. The van der Waals surface area contributed by atoms with Crippen LogP contribution in [0.4, 0.5) is 11.4 Å². The topological polar surface area (TPSA) is 115 Å². The minimum absolute atomic E-state index is 0.00279. The van der Waals surface area contributed by atoms with Gasteiger partial charge < -0.3 is 4.52 Å². The van der Waals surface area contributed by atoms with Crippen LogP contribution >= 0.6 is 0 Å². The van der Waals surface area contributed by atoms with Gasteiger partial charge in [0, 0.05) is 5.69 Å². The third-order valence-electron chi connectivity index (χ3n) is 4.56. The number of anilines is 1. The van der Waals surface area contributed by atoms with Gasteiger partial charge in [-0.15, -0.1) is 0 Å². The molecule has 8 nitrogen and oxygen atoms in total. The van der Waals surface area contributed by atoms with Gasteiger partial charge in [0.25, 0.3) is 10.0 Å². The van der Waals surface area contributed by atoms with E-state index in [2.05, 4.69) is 9.88 Å². The minimum atomic E-state index is -3.82. The predicted molar refractivity (Wildman–Crippen MR) is 115 cm³/mol. The lowest BCUT2D eigenvalue weighted by molar-refractivity contribution is -0.386. The van der Waals surface area contributed by atoms with E-state index in [1.807, 2.05) is 13.0 Å². The second-order valence-electron chi connectivity index (χ2n) is 6.76. The van der Waals surface area contributed by atoms with Crippen molar-refractivity contribution in [3.05, 3.63) is 80.7 Å². The number of hydrogen-bond donors (Lipinski definition) is 1. The predicted octanol–water partition coefficient (Wildman–Crippen LogP) is 4.73. The van der Waals surface area contributed by atoms with Crippen molar-refractivity contribution in [2.75, 3.05) is 4.72 Å². The van der Waals surface area contributed by atoms with Gasteiger partial charge in [-0.2, -0.15) is 0 Å². The molecule has 0 spiro atoms. The van der Waals surface area contributed by atoms with Crippen LogP contribution in [0.3, 0.4) is 0 Å². The lowest BCUT2D eigenvalue weighted by Crippen LogP contribution is -2.14. The number of nitro groups is 1. The molecule has 1 aromatic heterocycles. The van der Waals surface area contributed by atoms with E-state index in [1.165, 1.54) is 19.1 Å². The van der Waals surface area contributed by atoms with Gasteiger partial charge in [-0.1, -0.05) is 42.4 Å². The third-order valence-corrected chi connectivity index (χ3v) is 6.08. The van der Waals surface area contributed by atoms with Crippen LogP contribution in [0.25, 0.3) is 12.2 Å². The van der Waals surface area contributed by atoms with Crippen LogP contribution in [-0.4, -0.2) is 18.5 Å². The van der Waals surface area contributed by atoms with Gasteiger partial charge in [0.05, 0.1) is 9.82 Å². The van der Waals surface area contributed by atoms with Gasteiger partial charge in [-0.05, 0) is 61.2 Å². The molecule has 0 aliphatic rings. The molecule has 0 aliphatic heterocycles. The highest BCUT2D eigenvalue weighted by molar-refractivity contribution is 7.92. The van der Waals surface area contributed by atoms with Crippen molar-refractivity contribution in [3.8, 4) is 0 Å². The van der Waals surface area contributed by atoms with Crippen molar-refractivity contribution < 1.29 is 17.9 Å². The summed E-state index contributed by atoms with van der Waals surface area (Å²) in [5.41, 5.74) is 2.59. The van der Waals surface area contributed by atoms with Crippen molar-refractivity contribution in [2.45, 2.75) is 32.1 Å². The SMILES string of the molecule is CCc1cccc(NS(=O)(=O)c2cc(/C=C/c3onc(C)c3[N+](=O)[O-])ccc2C)c1. The fourth-order valence-corrected chi connectivity index (χ4v) is 4.29. The molecule has 0 aliphatic carbocycles. The van der Waals surface area contributed by atoms with Crippen molar-refractivity contribution >= 4 is 33.6 Å². The molecule has 30 heavy (non-hydrogen) atoms. The smallest absolute Gasteiger partial charge is 0.338 e. The number of nitrogens with one attached hydrogen (secondary N) is 1. The van der Waals surface area contributed by atoms with Crippen molar-refractivity contribution in [3.63, 3.8) is 0 Å². The van der Waals surface area contributed by atoms with Gasteiger partial charge >= 0.3 is 5.69 Å². The number of aromatic nitrogens is 1. The zero-order valence-corrected chi connectivity index (χ0v) is 17.6. The Hall–Kier alpha value is -3.46. The van der Waals surface area contributed by atoms with Gasteiger partial charge in [0.15, 0.2) is 5.69 Å². The number of aryl methyl sites for hydroxylation is 3. The normalized spacial score (nSPS) is 11.7. The van der Waals surface area contributed by atoms with E-state index >= 15 is 0 Å². The number of rotatable bonds is 7. The van der Waals surface area contributed by atoms with Crippen molar-refractivity contribution in [1.82, 2.24) is 5.16 Å². The molecule has 3 aromatic rings. The Morgan fingerprint density at radius 2 is 1.93 bits per heavy atom.